The molecular formula is C18H16N2O3. The molecule has 3 aromatic rings. The van der Waals surface area contributed by atoms with Crippen molar-refractivity contribution in [2.75, 3.05) is 0 Å². The van der Waals surface area contributed by atoms with Gasteiger partial charge in [0.2, 0.25) is 5.91 Å². The van der Waals surface area contributed by atoms with E-state index in [4.69, 9.17) is 10.2 Å². The number of nitrogens with two attached hydrogens (primary N) is 1. The van der Waals surface area contributed by atoms with Crippen molar-refractivity contribution in [3.63, 3.8) is 0 Å². The first-order valence-corrected chi connectivity index (χ1v) is 7.25. The number of hydrogen-bond acceptors (Lipinski definition) is 3. The summed E-state index contributed by atoms with van der Waals surface area (Å²) in [5.74, 6) is -0.162. The molecule has 3 N–H and O–H groups in total. The van der Waals surface area contributed by atoms with Gasteiger partial charge in [-0.15, -0.1) is 0 Å². The molecule has 5 heteroatoms. The molecule has 0 saturated heterocycles. The Bertz CT molecular complexity index is 862. The van der Waals surface area contributed by atoms with Gasteiger partial charge in [-0.05, 0) is 28.5 Å². The Kier molecular flexibility index (Phi) is 4.10. The van der Waals surface area contributed by atoms with Crippen LogP contribution in [0.25, 0.3) is 10.8 Å². The van der Waals surface area contributed by atoms with Gasteiger partial charge >= 0.3 is 0 Å². The van der Waals surface area contributed by atoms with Crippen LogP contribution in [-0.4, -0.2) is 11.8 Å². The summed E-state index contributed by atoms with van der Waals surface area (Å²) in [5, 5.41) is 4.95. The van der Waals surface area contributed by atoms with Gasteiger partial charge in [0.1, 0.15) is 5.76 Å². The third-order valence-electron chi connectivity index (χ3n) is 3.60. The highest BCUT2D eigenvalue weighted by molar-refractivity contribution is 5.90. The molecule has 0 unspecified atom stereocenters. The zero-order chi connectivity index (χ0) is 16.2. The van der Waals surface area contributed by atoms with E-state index in [1.54, 1.807) is 6.07 Å². The maximum absolute atomic E-state index is 12.1. The first kappa shape index (κ1) is 14.8. The van der Waals surface area contributed by atoms with Crippen molar-refractivity contribution in [1.82, 2.24) is 5.32 Å². The molecule has 0 bridgehead atoms. The van der Waals surface area contributed by atoms with Gasteiger partial charge in [0.05, 0.1) is 13.0 Å². The number of rotatable bonds is 5. The Hall–Kier alpha value is -3.08. The van der Waals surface area contributed by atoms with Gasteiger partial charge in [0.15, 0.2) is 5.76 Å². The molecule has 116 valence electrons. The lowest BCUT2D eigenvalue weighted by atomic mass is 10.0. The minimum absolute atomic E-state index is 0.0864. The standard InChI is InChI=1S/C18H16N2O3/c19-18(22)16-9-8-14(23-16)11-20-17(21)10-13-6-3-5-12-4-1-2-7-15(12)13/h1-9H,10-11H2,(H2,19,22)(H,20,21). The van der Waals surface area contributed by atoms with Gasteiger partial charge in [-0.25, -0.2) is 0 Å². The van der Waals surface area contributed by atoms with Crippen LogP contribution in [0.15, 0.2) is 59.0 Å². The van der Waals surface area contributed by atoms with Crippen molar-refractivity contribution in [1.29, 1.82) is 0 Å². The van der Waals surface area contributed by atoms with E-state index in [2.05, 4.69) is 5.32 Å². The summed E-state index contributed by atoms with van der Waals surface area (Å²) in [4.78, 5) is 23.1. The third kappa shape index (κ3) is 3.40. The molecular weight excluding hydrogens is 292 g/mol. The number of benzene rings is 2. The highest BCUT2D eigenvalue weighted by Crippen LogP contribution is 2.18. The number of fused-ring (bicyclic) bond motifs is 1. The lowest BCUT2D eigenvalue weighted by molar-refractivity contribution is -0.120. The third-order valence-corrected chi connectivity index (χ3v) is 3.60. The van der Waals surface area contributed by atoms with E-state index in [0.29, 0.717) is 5.76 Å². The molecule has 0 atom stereocenters. The summed E-state index contributed by atoms with van der Waals surface area (Å²) in [6, 6.07) is 17.0. The van der Waals surface area contributed by atoms with E-state index in [-0.39, 0.29) is 24.6 Å². The normalized spacial score (nSPS) is 10.6. The number of hydrogen-bond donors (Lipinski definition) is 2. The Morgan fingerprint density at radius 3 is 2.57 bits per heavy atom. The molecule has 0 saturated carbocycles. The van der Waals surface area contributed by atoms with Crippen LogP contribution in [0, 0.1) is 0 Å². The molecule has 3 rings (SSSR count). The SMILES string of the molecule is NC(=O)c1ccc(CNC(=O)Cc2cccc3ccccc23)o1. The van der Waals surface area contributed by atoms with Crippen LogP contribution < -0.4 is 11.1 Å². The summed E-state index contributed by atoms with van der Waals surface area (Å²) < 4.78 is 5.23. The van der Waals surface area contributed by atoms with Crippen molar-refractivity contribution in [3.05, 3.63) is 71.7 Å². The van der Waals surface area contributed by atoms with Crippen molar-refractivity contribution in [2.45, 2.75) is 13.0 Å². The van der Waals surface area contributed by atoms with Gasteiger partial charge in [0.25, 0.3) is 5.91 Å². The molecule has 2 amide bonds. The Labute approximate surface area is 133 Å². The minimum atomic E-state index is -0.627. The molecule has 0 radical (unpaired) electrons. The van der Waals surface area contributed by atoms with Gasteiger partial charge in [-0.2, -0.15) is 0 Å². The molecule has 1 aromatic heterocycles. The molecule has 1 heterocycles. The minimum Gasteiger partial charge on any atom is -0.454 e. The highest BCUT2D eigenvalue weighted by Gasteiger charge is 2.10. The molecule has 5 nitrogen and oxygen atoms in total. The second-order valence-electron chi connectivity index (χ2n) is 5.22. The van der Waals surface area contributed by atoms with Crippen LogP contribution >= 0.6 is 0 Å². The average molecular weight is 308 g/mol. The largest absolute Gasteiger partial charge is 0.454 e. The second kappa shape index (κ2) is 6.36. The zero-order valence-electron chi connectivity index (χ0n) is 12.4. The summed E-state index contributed by atoms with van der Waals surface area (Å²) in [7, 11) is 0. The number of primary amides is 1. The zero-order valence-corrected chi connectivity index (χ0v) is 12.4. The maximum Gasteiger partial charge on any atom is 0.284 e. The summed E-state index contributed by atoms with van der Waals surface area (Å²) in [6.07, 6.45) is 0.282. The second-order valence-corrected chi connectivity index (χ2v) is 5.22. The fraction of sp³-hybridized carbons (Fsp3) is 0.111. The molecule has 0 fully saturated rings. The first-order valence-electron chi connectivity index (χ1n) is 7.25. The van der Waals surface area contributed by atoms with Crippen LogP contribution in [0.3, 0.4) is 0 Å². The highest BCUT2D eigenvalue weighted by atomic mass is 16.4. The van der Waals surface area contributed by atoms with Gasteiger partial charge in [-0.3, -0.25) is 9.59 Å². The average Bonchev–Trinajstić information content (AvgIpc) is 3.03. The molecule has 0 aliphatic carbocycles. The van der Waals surface area contributed by atoms with E-state index in [1.807, 2.05) is 42.5 Å². The molecule has 0 spiro atoms. The summed E-state index contributed by atoms with van der Waals surface area (Å²) >= 11 is 0. The first-order chi connectivity index (χ1) is 11.1. The number of nitrogens with one attached hydrogen (secondary N) is 1. The molecule has 23 heavy (non-hydrogen) atoms. The number of carbonyl (C=O) groups is 2. The van der Waals surface area contributed by atoms with Crippen LogP contribution in [0.4, 0.5) is 0 Å². The Balaban J connectivity index is 1.65. The van der Waals surface area contributed by atoms with Gasteiger partial charge in [0, 0.05) is 0 Å². The number of carbonyl (C=O) groups excluding carboxylic acids is 2. The van der Waals surface area contributed by atoms with E-state index in [1.165, 1.54) is 6.07 Å². The fourth-order valence-electron chi connectivity index (χ4n) is 2.47. The topological polar surface area (TPSA) is 85.3 Å². The van der Waals surface area contributed by atoms with Crippen LogP contribution in [0.5, 0.6) is 0 Å². The van der Waals surface area contributed by atoms with E-state index < -0.39 is 5.91 Å². The monoisotopic (exact) mass is 308 g/mol. The lowest BCUT2D eigenvalue weighted by Crippen LogP contribution is -2.24. The quantitative estimate of drug-likeness (QED) is 0.759. The number of furan rings is 1. The van der Waals surface area contributed by atoms with Crippen LogP contribution in [-0.2, 0) is 17.8 Å². The summed E-state index contributed by atoms with van der Waals surface area (Å²) in [5.41, 5.74) is 6.09. The van der Waals surface area contributed by atoms with Crippen molar-refractivity contribution in [3.8, 4) is 0 Å². The fourth-order valence-corrected chi connectivity index (χ4v) is 2.47. The number of amides is 2. The maximum atomic E-state index is 12.1. The van der Waals surface area contributed by atoms with E-state index in [0.717, 1.165) is 16.3 Å². The molecule has 0 aliphatic rings. The predicted molar refractivity (Wildman–Crippen MR) is 86.7 cm³/mol. The van der Waals surface area contributed by atoms with Crippen molar-refractivity contribution >= 4 is 22.6 Å². The van der Waals surface area contributed by atoms with Crippen molar-refractivity contribution in [2.24, 2.45) is 5.73 Å². The predicted octanol–water partition coefficient (Wildman–Crippen LogP) is 2.39. The molecule has 0 aliphatic heterocycles. The Morgan fingerprint density at radius 1 is 1.00 bits per heavy atom. The van der Waals surface area contributed by atoms with Crippen molar-refractivity contribution < 1.29 is 14.0 Å². The smallest absolute Gasteiger partial charge is 0.284 e. The van der Waals surface area contributed by atoms with Crippen LogP contribution in [0.1, 0.15) is 21.9 Å². The van der Waals surface area contributed by atoms with E-state index in [9.17, 15) is 9.59 Å². The Morgan fingerprint density at radius 2 is 1.78 bits per heavy atom. The lowest BCUT2D eigenvalue weighted by Gasteiger charge is -2.07. The van der Waals surface area contributed by atoms with Crippen LogP contribution in [0.2, 0.25) is 0 Å². The molecule has 2 aromatic carbocycles. The van der Waals surface area contributed by atoms with Gasteiger partial charge < -0.3 is 15.5 Å². The summed E-state index contributed by atoms with van der Waals surface area (Å²) in [6.45, 7) is 0.219. The van der Waals surface area contributed by atoms with E-state index >= 15 is 0 Å². The van der Waals surface area contributed by atoms with Gasteiger partial charge in [-0.1, -0.05) is 42.5 Å².